The predicted molar refractivity (Wildman–Crippen MR) is 209 cm³/mol. The largest absolute Gasteiger partial charge is 0.508 e. The highest BCUT2D eigenvalue weighted by atomic mass is 16.3. The van der Waals surface area contributed by atoms with Crippen LogP contribution in [0.1, 0.15) is 125 Å². The molecule has 0 radical (unpaired) electrons. The third-order valence-corrected chi connectivity index (χ3v) is 11.6. The summed E-state index contributed by atoms with van der Waals surface area (Å²) in [5.74, 6) is 1.58. The Labute approximate surface area is 298 Å². The lowest BCUT2D eigenvalue weighted by Crippen LogP contribution is -2.25. The van der Waals surface area contributed by atoms with Gasteiger partial charge in [0.1, 0.15) is 11.5 Å². The molecule has 2 N–H and O–H groups in total. The van der Waals surface area contributed by atoms with Crippen LogP contribution in [0.25, 0.3) is 21.8 Å². The molecule has 2 aromatic heterocycles. The summed E-state index contributed by atoms with van der Waals surface area (Å²) >= 11 is 0. The molecule has 0 aliphatic heterocycles. The highest BCUT2D eigenvalue weighted by Gasteiger charge is 2.43. The van der Waals surface area contributed by atoms with E-state index >= 15 is 0 Å². The molecule has 4 unspecified atom stereocenters. The van der Waals surface area contributed by atoms with Crippen LogP contribution in [-0.2, 0) is 13.1 Å². The molecule has 1 aliphatic rings. The van der Waals surface area contributed by atoms with Crippen LogP contribution in [-0.4, -0.2) is 19.3 Å². The van der Waals surface area contributed by atoms with E-state index in [1.807, 2.05) is 24.3 Å². The fourth-order valence-electron chi connectivity index (χ4n) is 9.00. The number of hydrogen-bond acceptors (Lipinski definition) is 2. The number of phenolic OH excluding ortho intramolecular Hbond substituents is 2. The predicted octanol–water partition coefficient (Wildman–Crippen LogP) is 12.1. The number of nitrogens with zero attached hydrogens (tertiary/aromatic N) is 2. The topological polar surface area (TPSA) is 50.3 Å². The average Bonchev–Trinajstić information content (AvgIpc) is 3.63. The van der Waals surface area contributed by atoms with Crippen LogP contribution >= 0.6 is 0 Å². The molecule has 260 valence electrons. The van der Waals surface area contributed by atoms with Crippen molar-refractivity contribution in [2.45, 2.75) is 104 Å². The van der Waals surface area contributed by atoms with Crippen molar-refractivity contribution in [1.29, 1.82) is 0 Å². The van der Waals surface area contributed by atoms with Crippen molar-refractivity contribution in [3.63, 3.8) is 0 Å². The molecule has 6 aromatic rings. The molecule has 7 rings (SSSR count). The summed E-state index contributed by atoms with van der Waals surface area (Å²) in [6, 6.07) is 34.0. The van der Waals surface area contributed by atoms with Gasteiger partial charge >= 0.3 is 0 Å². The van der Waals surface area contributed by atoms with Crippen LogP contribution in [0, 0.1) is 11.8 Å². The van der Waals surface area contributed by atoms with E-state index in [4.69, 9.17) is 0 Å². The summed E-state index contributed by atoms with van der Waals surface area (Å²) < 4.78 is 5.31. The van der Waals surface area contributed by atoms with Gasteiger partial charge in [0.2, 0.25) is 0 Å². The van der Waals surface area contributed by atoms with Crippen LogP contribution in [0.5, 0.6) is 11.5 Å². The van der Waals surface area contributed by atoms with Gasteiger partial charge in [-0.15, -0.1) is 0 Å². The van der Waals surface area contributed by atoms with Crippen molar-refractivity contribution in [3.8, 4) is 11.5 Å². The number of rotatable bonds is 14. The second kappa shape index (κ2) is 14.8. The second-order valence-electron chi connectivity index (χ2n) is 14.7. The van der Waals surface area contributed by atoms with Gasteiger partial charge in [0.25, 0.3) is 0 Å². The Balaban J connectivity index is 1.61. The Bertz CT molecular complexity index is 1930. The van der Waals surface area contributed by atoms with Crippen molar-refractivity contribution in [2.24, 2.45) is 11.8 Å². The smallest absolute Gasteiger partial charge is 0.115 e. The molecule has 0 saturated carbocycles. The first-order chi connectivity index (χ1) is 24.5. The number of benzene rings is 4. The maximum atomic E-state index is 11.0. The molecular weight excluding hydrogens is 613 g/mol. The number of aromatic hydroxyl groups is 2. The third-order valence-electron chi connectivity index (χ3n) is 11.6. The summed E-state index contributed by atoms with van der Waals surface area (Å²) in [7, 11) is 0. The van der Waals surface area contributed by atoms with Crippen LogP contribution in [0.15, 0.2) is 97.1 Å². The Kier molecular flexibility index (Phi) is 10.1. The normalized spacial score (nSPS) is 16.8. The number of fused-ring (bicyclic) bond motifs is 6. The molecule has 0 saturated heterocycles. The molecule has 1 aliphatic carbocycles. The maximum absolute atomic E-state index is 11.0. The molecule has 0 spiro atoms. The van der Waals surface area contributed by atoms with Crippen LogP contribution < -0.4 is 0 Å². The minimum Gasteiger partial charge on any atom is -0.508 e. The van der Waals surface area contributed by atoms with Crippen molar-refractivity contribution >= 4 is 21.8 Å². The van der Waals surface area contributed by atoms with Gasteiger partial charge in [-0.25, -0.2) is 0 Å². The maximum Gasteiger partial charge on any atom is 0.115 e. The molecule has 0 amide bonds. The van der Waals surface area contributed by atoms with Crippen molar-refractivity contribution < 1.29 is 10.2 Å². The Morgan fingerprint density at radius 3 is 1.34 bits per heavy atom. The van der Waals surface area contributed by atoms with E-state index in [1.165, 1.54) is 82.8 Å². The summed E-state index contributed by atoms with van der Waals surface area (Å²) in [6.07, 6.45) is 9.55. The summed E-state index contributed by atoms with van der Waals surface area (Å²) in [6.45, 7) is 11.2. The third kappa shape index (κ3) is 6.12. The fourth-order valence-corrected chi connectivity index (χ4v) is 9.00. The van der Waals surface area contributed by atoms with Gasteiger partial charge in [-0.3, -0.25) is 0 Å². The van der Waals surface area contributed by atoms with Gasteiger partial charge in [0, 0.05) is 46.3 Å². The van der Waals surface area contributed by atoms with Gasteiger partial charge in [-0.2, -0.15) is 0 Å². The van der Waals surface area contributed by atoms with Crippen molar-refractivity contribution in [2.75, 3.05) is 0 Å². The molecule has 4 nitrogen and oxygen atoms in total. The van der Waals surface area contributed by atoms with E-state index < -0.39 is 0 Å². The number of para-hydroxylation sites is 2. The molecule has 2 heterocycles. The number of unbranched alkanes of at least 4 members (excludes halogenated alkanes) is 2. The zero-order valence-corrected chi connectivity index (χ0v) is 30.4. The molecule has 50 heavy (non-hydrogen) atoms. The Morgan fingerprint density at radius 1 is 0.540 bits per heavy atom. The van der Waals surface area contributed by atoms with Crippen LogP contribution in [0.4, 0.5) is 0 Å². The lowest BCUT2D eigenvalue weighted by Gasteiger charge is -2.35. The van der Waals surface area contributed by atoms with Crippen LogP contribution in [0.2, 0.25) is 0 Å². The van der Waals surface area contributed by atoms with Gasteiger partial charge in [-0.1, -0.05) is 127 Å². The number of phenols is 2. The first-order valence-corrected chi connectivity index (χ1v) is 19.3. The fraction of sp³-hybridized carbons (Fsp3) is 0.391. The summed E-state index contributed by atoms with van der Waals surface area (Å²) in [5.41, 5.74) is 10.1. The van der Waals surface area contributed by atoms with E-state index in [2.05, 4.69) is 97.5 Å². The van der Waals surface area contributed by atoms with Crippen molar-refractivity contribution in [1.82, 2.24) is 9.13 Å². The molecule has 0 fully saturated rings. The van der Waals surface area contributed by atoms with E-state index in [0.29, 0.717) is 23.3 Å². The zero-order chi connectivity index (χ0) is 34.8. The van der Waals surface area contributed by atoms with E-state index in [1.54, 1.807) is 12.1 Å². The SMILES string of the molecule is CCCCC(CC)Cn1c2c(c3ccccc31)C(c1cccc(O)c1)c1c(c3ccccc3n1CC(CC)CCCC)C2c1cccc(O)c1. The van der Waals surface area contributed by atoms with Gasteiger partial charge < -0.3 is 19.3 Å². The Hall–Kier alpha value is -4.44. The zero-order valence-electron chi connectivity index (χ0n) is 30.4. The minimum atomic E-state index is -0.0707. The van der Waals surface area contributed by atoms with Crippen molar-refractivity contribution in [3.05, 3.63) is 131 Å². The van der Waals surface area contributed by atoms with E-state index in [0.717, 1.165) is 37.1 Å². The minimum absolute atomic E-state index is 0.0707. The van der Waals surface area contributed by atoms with Gasteiger partial charge in [0.05, 0.1) is 11.8 Å². The van der Waals surface area contributed by atoms with Gasteiger partial charge in [0.15, 0.2) is 0 Å². The lowest BCUT2D eigenvalue weighted by molar-refractivity contribution is 0.385. The standard InChI is InChI=1S/C46H54N2O2/c1-5-9-17-31(7-3)29-47-39-25-13-11-23-37(39)43-42(34-20-16-22-36(50)28-34)46-44(41(45(43)47)33-19-15-21-35(49)27-33)38-24-12-14-26-40(38)48(46)30-32(8-4)18-10-6-2/h11-16,19-28,31-32,41-42,49-50H,5-10,17-18,29-30H2,1-4H3. The highest BCUT2D eigenvalue weighted by molar-refractivity contribution is 5.94. The number of hydrogen-bond donors (Lipinski definition) is 2. The number of aromatic nitrogens is 2. The first kappa shape index (κ1) is 34.0. The van der Waals surface area contributed by atoms with E-state index in [-0.39, 0.29) is 11.8 Å². The summed E-state index contributed by atoms with van der Waals surface area (Å²) in [4.78, 5) is 0. The Morgan fingerprint density at radius 2 is 0.960 bits per heavy atom. The molecule has 0 bridgehead atoms. The van der Waals surface area contributed by atoms with Crippen LogP contribution in [0.3, 0.4) is 0 Å². The molecule has 4 atom stereocenters. The van der Waals surface area contributed by atoms with E-state index in [9.17, 15) is 10.2 Å². The highest BCUT2D eigenvalue weighted by Crippen LogP contribution is 2.55. The second-order valence-corrected chi connectivity index (χ2v) is 14.7. The molecular formula is C46H54N2O2. The monoisotopic (exact) mass is 666 g/mol. The quantitative estimate of drug-likeness (QED) is 0.121. The molecule has 4 heteroatoms. The summed E-state index contributed by atoms with van der Waals surface area (Å²) in [5, 5.41) is 24.6. The first-order valence-electron chi connectivity index (χ1n) is 19.3. The van der Waals surface area contributed by atoms with Gasteiger partial charge in [-0.05, 0) is 83.3 Å². The average molecular weight is 667 g/mol. The lowest BCUT2D eigenvalue weighted by atomic mass is 9.72. The molecule has 4 aromatic carbocycles.